The summed E-state index contributed by atoms with van der Waals surface area (Å²) in [4.78, 5) is 29.1. The first-order valence-electron chi connectivity index (χ1n) is 12.6. The molecule has 2 heterocycles. The van der Waals surface area contributed by atoms with Gasteiger partial charge in [0.15, 0.2) is 16.9 Å². The Labute approximate surface area is 228 Å². The highest BCUT2D eigenvalue weighted by Gasteiger charge is 2.44. The Balaban J connectivity index is 1.49. The number of fused-ring (bicyclic) bond motifs is 2. The number of carbonyl (C=O) groups excluding carboxylic acids is 1. The topological polar surface area (TPSA) is 78.2 Å². The normalized spacial score (nSPS) is 14.3. The second kappa shape index (κ2) is 10.2. The van der Waals surface area contributed by atoms with Gasteiger partial charge < -0.3 is 18.6 Å². The van der Waals surface area contributed by atoms with Crippen LogP contribution in [0.5, 0.6) is 17.2 Å². The van der Waals surface area contributed by atoms with Crippen LogP contribution in [-0.4, -0.2) is 20.1 Å². The lowest BCUT2D eigenvalue weighted by Crippen LogP contribution is -2.29. The number of nitrogens with zero attached hydrogens (tertiary/aromatic N) is 1. The average molecular weight is 538 g/mol. The number of ether oxygens (including phenoxy) is 3. The van der Waals surface area contributed by atoms with Crippen molar-refractivity contribution in [2.75, 3.05) is 19.1 Å². The summed E-state index contributed by atoms with van der Waals surface area (Å²) in [5, 5.41) is 0.0583. The summed E-state index contributed by atoms with van der Waals surface area (Å²) in [6.07, 6.45) is 0. The fourth-order valence-corrected chi connectivity index (χ4v) is 4.98. The van der Waals surface area contributed by atoms with E-state index < -0.39 is 23.2 Å². The van der Waals surface area contributed by atoms with Gasteiger partial charge in [-0.25, -0.2) is 4.39 Å². The van der Waals surface area contributed by atoms with E-state index in [-0.39, 0.29) is 22.3 Å². The zero-order valence-electron chi connectivity index (χ0n) is 21.7. The lowest BCUT2D eigenvalue weighted by Gasteiger charge is -2.26. The Hall–Kier alpha value is -5.11. The van der Waals surface area contributed by atoms with E-state index in [1.807, 2.05) is 30.3 Å². The molecular weight excluding hydrogens is 513 g/mol. The first kappa shape index (κ1) is 25.2. The van der Waals surface area contributed by atoms with E-state index in [0.29, 0.717) is 35.1 Å². The maximum Gasteiger partial charge on any atom is 0.295 e. The molecule has 0 N–H and O–H groups in total. The van der Waals surface area contributed by atoms with Crippen molar-refractivity contribution in [3.8, 4) is 17.2 Å². The molecule has 7 nitrogen and oxygen atoms in total. The molecule has 0 saturated heterocycles. The van der Waals surface area contributed by atoms with Crippen molar-refractivity contribution in [3.63, 3.8) is 0 Å². The Bertz CT molecular complexity index is 1780. The van der Waals surface area contributed by atoms with Crippen LogP contribution >= 0.6 is 0 Å². The maximum absolute atomic E-state index is 14.1. The van der Waals surface area contributed by atoms with Crippen LogP contribution in [-0.2, 0) is 6.61 Å². The molecule has 40 heavy (non-hydrogen) atoms. The third kappa shape index (κ3) is 4.33. The first-order valence-corrected chi connectivity index (χ1v) is 12.6. The van der Waals surface area contributed by atoms with Gasteiger partial charge in [0.2, 0.25) is 5.76 Å². The van der Waals surface area contributed by atoms with Gasteiger partial charge in [-0.15, -0.1) is 0 Å². The van der Waals surface area contributed by atoms with Crippen LogP contribution in [0, 0.1) is 5.82 Å². The second-order valence-corrected chi connectivity index (χ2v) is 9.27. The van der Waals surface area contributed by atoms with Crippen LogP contribution < -0.4 is 24.5 Å². The molecule has 0 aliphatic carbocycles. The molecule has 8 heteroatoms. The molecule has 0 radical (unpaired) electrons. The fraction of sp³-hybridized carbons (Fsp3) is 0.125. The molecule has 5 aromatic rings. The zero-order chi connectivity index (χ0) is 27.8. The minimum Gasteiger partial charge on any atom is -0.497 e. The number of rotatable bonds is 7. The molecule has 200 valence electrons. The summed E-state index contributed by atoms with van der Waals surface area (Å²) in [5.74, 6) is 0.393. The zero-order valence-corrected chi connectivity index (χ0v) is 21.7. The van der Waals surface area contributed by atoms with Crippen molar-refractivity contribution in [1.82, 2.24) is 0 Å². The quantitative estimate of drug-likeness (QED) is 0.243. The Morgan fingerprint density at radius 1 is 0.850 bits per heavy atom. The number of benzene rings is 4. The van der Waals surface area contributed by atoms with Crippen LogP contribution in [0.3, 0.4) is 0 Å². The van der Waals surface area contributed by atoms with Crippen LogP contribution in [0.15, 0.2) is 100 Å². The Kier molecular flexibility index (Phi) is 6.43. The van der Waals surface area contributed by atoms with E-state index >= 15 is 0 Å². The van der Waals surface area contributed by atoms with E-state index in [4.69, 9.17) is 18.6 Å². The van der Waals surface area contributed by atoms with Crippen LogP contribution in [0.2, 0.25) is 0 Å². The van der Waals surface area contributed by atoms with Gasteiger partial charge in [-0.1, -0.05) is 36.4 Å². The first-order chi connectivity index (χ1) is 19.5. The van der Waals surface area contributed by atoms with Crippen LogP contribution in [0.25, 0.3) is 11.0 Å². The van der Waals surface area contributed by atoms with E-state index in [0.717, 1.165) is 11.6 Å². The van der Waals surface area contributed by atoms with Gasteiger partial charge in [-0.05, 0) is 65.7 Å². The minimum atomic E-state index is -0.864. The number of anilines is 1. The number of carbonyl (C=O) groups is 1. The van der Waals surface area contributed by atoms with Crippen molar-refractivity contribution in [3.05, 3.63) is 129 Å². The summed E-state index contributed by atoms with van der Waals surface area (Å²) < 4.78 is 37.0. The molecule has 6 rings (SSSR count). The molecule has 1 aromatic heterocycles. The Morgan fingerprint density at radius 2 is 1.62 bits per heavy atom. The molecule has 4 aromatic carbocycles. The van der Waals surface area contributed by atoms with Gasteiger partial charge in [-0.3, -0.25) is 14.5 Å². The summed E-state index contributed by atoms with van der Waals surface area (Å²) in [5.41, 5.74) is 1.89. The smallest absolute Gasteiger partial charge is 0.295 e. The molecule has 0 bridgehead atoms. The third-order valence-electron chi connectivity index (χ3n) is 6.92. The molecule has 1 atom stereocenters. The van der Waals surface area contributed by atoms with Crippen LogP contribution in [0.1, 0.15) is 33.3 Å². The predicted octanol–water partition coefficient (Wildman–Crippen LogP) is 6.28. The molecule has 0 fully saturated rings. The van der Waals surface area contributed by atoms with Gasteiger partial charge in [0.1, 0.15) is 23.8 Å². The molecule has 1 aliphatic heterocycles. The van der Waals surface area contributed by atoms with E-state index in [1.165, 1.54) is 24.1 Å². The number of halogens is 1. The van der Waals surface area contributed by atoms with Gasteiger partial charge in [0, 0.05) is 5.69 Å². The average Bonchev–Trinajstić information content (AvgIpc) is 3.29. The molecule has 1 aliphatic rings. The number of methoxy groups -OCH3 is 2. The third-order valence-corrected chi connectivity index (χ3v) is 6.92. The van der Waals surface area contributed by atoms with Gasteiger partial charge >= 0.3 is 0 Å². The largest absolute Gasteiger partial charge is 0.497 e. The van der Waals surface area contributed by atoms with Gasteiger partial charge in [0.05, 0.1) is 31.2 Å². The number of hydrogen-bond acceptors (Lipinski definition) is 6. The van der Waals surface area contributed by atoms with Crippen LogP contribution in [0.4, 0.5) is 10.1 Å². The minimum absolute atomic E-state index is 0.0583. The summed E-state index contributed by atoms with van der Waals surface area (Å²) in [6, 6.07) is 24.7. The highest BCUT2D eigenvalue weighted by atomic mass is 19.1. The molecule has 1 amide bonds. The lowest BCUT2D eigenvalue weighted by atomic mass is 9.97. The molecule has 0 spiro atoms. The lowest BCUT2D eigenvalue weighted by molar-refractivity contribution is 0.0971. The van der Waals surface area contributed by atoms with E-state index in [2.05, 4.69) is 0 Å². The molecular formula is C32H24FNO6. The predicted molar refractivity (Wildman–Crippen MR) is 148 cm³/mol. The maximum atomic E-state index is 14.1. The number of hydrogen-bond donors (Lipinski definition) is 0. The summed E-state index contributed by atoms with van der Waals surface area (Å²) >= 11 is 0. The van der Waals surface area contributed by atoms with Gasteiger partial charge in [-0.2, -0.15) is 0 Å². The standard InChI is InChI=1S/C32H24FNO6/c1-37-23-12-10-22(11-13-23)34-29(28-30(35)24-17-21(33)9-15-25(24)40-31(28)32(34)36)20-8-14-26(27(16-20)38-2)39-18-19-6-4-3-5-7-19/h3-17,29H,18H2,1-2H3. The fourth-order valence-electron chi connectivity index (χ4n) is 4.98. The van der Waals surface area contributed by atoms with E-state index in [1.54, 1.807) is 49.6 Å². The second-order valence-electron chi connectivity index (χ2n) is 9.27. The monoisotopic (exact) mass is 537 g/mol. The van der Waals surface area contributed by atoms with E-state index in [9.17, 15) is 14.0 Å². The van der Waals surface area contributed by atoms with Crippen molar-refractivity contribution < 1.29 is 27.8 Å². The SMILES string of the molecule is COc1ccc(N2C(=O)c3oc4ccc(F)cc4c(=O)c3C2c2ccc(OCc3ccccc3)c(OC)c2)cc1. The highest BCUT2D eigenvalue weighted by Crippen LogP contribution is 2.43. The molecule has 0 saturated carbocycles. The Morgan fingerprint density at radius 3 is 2.35 bits per heavy atom. The van der Waals surface area contributed by atoms with Crippen molar-refractivity contribution in [2.24, 2.45) is 0 Å². The van der Waals surface area contributed by atoms with Crippen molar-refractivity contribution in [2.45, 2.75) is 12.6 Å². The van der Waals surface area contributed by atoms with Gasteiger partial charge in [0.25, 0.3) is 5.91 Å². The summed E-state index contributed by atoms with van der Waals surface area (Å²) in [7, 11) is 3.07. The van der Waals surface area contributed by atoms with Crippen molar-refractivity contribution >= 4 is 22.6 Å². The number of amides is 1. The summed E-state index contributed by atoms with van der Waals surface area (Å²) in [6.45, 7) is 0.334. The molecule has 1 unspecified atom stereocenters. The highest BCUT2D eigenvalue weighted by molar-refractivity contribution is 6.10. The van der Waals surface area contributed by atoms with Crippen molar-refractivity contribution in [1.29, 1.82) is 0 Å².